The lowest BCUT2D eigenvalue weighted by molar-refractivity contribution is 0.0959. The number of rotatable bonds is 5. The topological polar surface area (TPSA) is 90.1 Å². The highest BCUT2D eigenvalue weighted by atomic mass is 16.5. The fourth-order valence-corrected chi connectivity index (χ4v) is 2.42. The molecule has 0 aliphatic carbocycles. The zero-order valence-corrected chi connectivity index (χ0v) is 13.9. The molecule has 0 saturated carbocycles. The first-order valence-corrected chi connectivity index (χ1v) is 7.50. The van der Waals surface area contributed by atoms with Crippen molar-refractivity contribution in [3.8, 4) is 5.75 Å². The Morgan fingerprint density at radius 1 is 1.30 bits per heavy atom. The van der Waals surface area contributed by atoms with E-state index in [4.69, 9.17) is 10.5 Å². The number of nitrogen functional groups attached to an aromatic ring is 1. The standard InChI is InChI=1S/C17H22N4O2/c1-10(2)12-7-5-6-8-14(12)23-9-13-15(16(22)19-4)11(3)20-17(18)21-13/h5-8,10H,9H2,1-4H3,(H,19,22)(H2,18,20,21). The van der Waals surface area contributed by atoms with Crippen molar-refractivity contribution in [2.45, 2.75) is 33.3 Å². The van der Waals surface area contributed by atoms with Crippen LogP contribution in [0.15, 0.2) is 24.3 Å². The summed E-state index contributed by atoms with van der Waals surface area (Å²) in [4.78, 5) is 20.3. The number of hydrogen-bond acceptors (Lipinski definition) is 5. The van der Waals surface area contributed by atoms with E-state index >= 15 is 0 Å². The smallest absolute Gasteiger partial charge is 0.254 e. The third-order valence-electron chi connectivity index (χ3n) is 3.54. The number of nitrogens with zero attached hydrogens (tertiary/aromatic N) is 2. The van der Waals surface area contributed by atoms with Crippen LogP contribution in [0.5, 0.6) is 5.75 Å². The zero-order chi connectivity index (χ0) is 17.0. The van der Waals surface area contributed by atoms with Gasteiger partial charge in [0, 0.05) is 7.05 Å². The molecule has 3 N–H and O–H groups in total. The van der Waals surface area contributed by atoms with E-state index in [0.29, 0.717) is 22.9 Å². The second kappa shape index (κ2) is 7.09. The summed E-state index contributed by atoms with van der Waals surface area (Å²) < 4.78 is 5.90. The molecule has 1 aromatic carbocycles. The van der Waals surface area contributed by atoms with Gasteiger partial charge in [-0.2, -0.15) is 0 Å². The molecular weight excluding hydrogens is 292 g/mol. The molecule has 0 unspecified atom stereocenters. The highest BCUT2D eigenvalue weighted by molar-refractivity contribution is 5.96. The SMILES string of the molecule is CNC(=O)c1c(C)nc(N)nc1COc1ccccc1C(C)C. The zero-order valence-electron chi connectivity index (χ0n) is 13.9. The molecule has 0 aliphatic heterocycles. The van der Waals surface area contributed by atoms with Crippen LogP contribution < -0.4 is 15.8 Å². The summed E-state index contributed by atoms with van der Waals surface area (Å²) in [5.41, 5.74) is 8.23. The van der Waals surface area contributed by atoms with Gasteiger partial charge in [-0.25, -0.2) is 9.97 Å². The van der Waals surface area contributed by atoms with Crippen LogP contribution in [0, 0.1) is 6.92 Å². The predicted molar refractivity (Wildman–Crippen MR) is 89.4 cm³/mol. The number of benzene rings is 1. The molecule has 0 aliphatic rings. The molecule has 1 aromatic heterocycles. The van der Waals surface area contributed by atoms with E-state index in [9.17, 15) is 4.79 Å². The van der Waals surface area contributed by atoms with E-state index in [-0.39, 0.29) is 18.5 Å². The van der Waals surface area contributed by atoms with Gasteiger partial charge in [0.1, 0.15) is 12.4 Å². The first-order valence-electron chi connectivity index (χ1n) is 7.50. The van der Waals surface area contributed by atoms with Crippen LogP contribution in [-0.2, 0) is 6.61 Å². The Labute approximate surface area is 136 Å². The summed E-state index contributed by atoms with van der Waals surface area (Å²) >= 11 is 0. The van der Waals surface area contributed by atoms with Crippen molar-refractivity contribution in [3.63, 3.8) is 0 Å². The fourth-order valence-electron chi connectivity index (χ4n) is 2.42. The lowest BCUT2D eigenvalue weighted by Gasteiger charge is -2.15. The number of carbonyl (C=O) groups is 1. The molecule has 0 spiro atoms. The average Bonchev–Trinajstić information content (AvgIpc) is 2.51. The Hall–Kier alpha value is -2.63. The molecule has 1 amide bonds. The van der Waals surface area contributed by atoms with Crippen molar-refractivity contribution in [2.75, 3.05) is 12.8 Å². The highest BCUT2D eigenvalue weighted by Gasteiger charge is 2.18. The summed E-state index contributed by atoms with van der Waals surface area (Å²) in [6, 6.07) is 7.83. The maximum Gasteiger partial charge on any atom is 0.254 e. The van der Waals surface area contributed by atoms with Crippen molar-refractivity contribution in [2.24, 2.45) is 0 Å². The number of hydrogen-bond donors (Lipinski definition) is 2. The summed E-state index contributed by atoms with van der Waals surface area (Å²) in [7, 11) is 1.57. The fraction of sp³-hybridized carbons (Fsp3) is 0.353. The van der Waals surface area contributed by atoms with E-state index < -0.39 is 0 Å². The quantitative estimate of drug-likeness (QED) is 0.884. The lowest BCUT2D eigenvalue weighted by Crippen LogP contribution is -2.23. The average molecular weight is 314 g/mol. The van der Waals surface area contributed by atoms with Crippen LogP contribution in [0.2, 0.25) is 0 Å². The Bertz CT molecular complexity index is 714. The van der Waals surface area contributed by atoms with Crippen LogP contribution in [0.25, 0.3) is 0 Å². The number of aryl methyl sites for hydroxylation is 1. The Balaban J connectivity index is 2.33. The van der Waals surface area contributed by atoms with E-state index in [2.05, 4.69) is 29.1 Å². The molecule has 0 radical (unpaired) electrons. The summed E-state index contributed by atoms with van der Waals surface area (Å²) in [5, 5.41) is 2.59. The molecule has 6 nitrogen and oxygen atoms in total. The molecule has 0 fully saturated rings. The Morgan fingerprint density at radius 3 is 2.65 bits per heavy atom. The normalized spacial score (nSPS) is 10.7. The number of nitrogens with two attached hydrogens (primary N) is 1. The second-order valence-electron chi connectivity index (χ2n) is 5.55. The van der Waals surface area contributed by atoms with Gasteiger partial charge in [0.15, 0.2) is 0 Å². The molecule has 0 bridgehead atoms. The third kappa shape index (κ3) is 3.77. The van der Waals surface area contributed by atoms with E-state index in [1.54, 1.807) is 14.0 Å². The van der Waals surface area contributed by atoms with Gasteiger partial charge in [-0.15, -0.1) is 0 Å². The monoisotopic (exact) mass is 314 g/mol. The maximum atomic E-state index is 12.1. The van der Waals surface area contributed by atoms with Gasteiger partial charge >= 0.3 is 0 Å². The number of para-hydroxylation sites is 1. The summed E-state index contributed by atoms with van der Waals surface area (Å²) in [6.07, 6.45) is 0. The first-order chi connectivity index (χ1) is 10.9. The molecule has 23 heavy (non-hydrogen) atoms. The van der Waals surface area contributed by atoms with Crippen molar-refractivity contribution in [1.82, 2.24) is 15.3 Å². The Morgan fingerprint density at radius 2 is 2.00 bits per heavy atom. The van der Waals surface area contributed by atoms with Crippen molar-refractivity contribution in [1.29, 1.82) is 0 Å². The Kier molecular flexibility index (Phi) is 5.16. The van der Waals surface area contributed by atoms with Gasteiger partial charge in [-0.05, 0) is 24.5 Å². The van der Waals surface area contributed by atoms with Gasteiger partial charge in [-0.3, -0.25) is 4.79 Å². The molecule has 2 rings (SSSR count). The van der Waals surface area contributed by atoms with Crippen LogP contribution in [0.4, 0.5) is 5.95 Å². The predicted octanol–water partition coefficient (Wildman–Crippen LogP) is 2.43. The minimum Gasteiger partial charge on any atom is -0.487 e. The molecule has 0 atom stereocenters. The minimum atomic E-state index is -0.252. The summed E-state index contributed by atoms with van der Waals surface area (Å²) in [5.74, 6) is 0.992. The van der Waals surface area contributed by atoms with Crippen molar-refractivity contribution < 1.29 is 9.53 Å². The van der Waals surface area contributed by atoms with Gasteiger partial charge in [0.25, 0.3) is 5.91 Å². The van der Waals surface area contributed by atoms with Crippen LogP contribution in [-0.4, -0.2) is 22.9 Å². The number of amides is 1. The number of anilines is 1. The minimum absolute atomic E-state index is 0.130. The molecular formula is C17H22N4O2. The van der Waals surface area contributed by atoms with Crippen molar-refractivity contribution >= 4 is 11.9 Å². The number of ether oxygens (including phenoxy) is 1. The molecule has 6 heteroatoms. The molecule has 122 valence electrons. The van der Waals surface area contributed by atoms with Crippen LogP contribution >= 0.6 is 0 Å². The van der Waals surface area contributed by atoms with Crippen LogP contribution in [0.3, 0.4) is 0 Å². The number of nitrogens with one attached hydrogen (secondary N) is 1. The second-order valence-corrected chi connectivity index (χ2v) is 5.55. The van der Waals surface area contributed by atoms with Crippen LogP contribution in [0.1, 0.15) is 47.1 Å². The third-order valence-corrected chi connectivity index (χ3v) is 3.54. The van der Waals surface area contributed by atoms with Gasteiger partial charge in [0.05, 0.1) is 17.0 Å². The summed E-state index contributed by atoms with van der Waals surface area (Å²) in [6.45, 7) is 6.09. The lowest BCUT2D eigenvalue weighted by atomic mass is 10.0. The molecule has 2 aromatic rings. The highest BCUT2D eigenvalue weighted by Crippen LogP contribution is 2.27. The molecule has 1 heterocycles. The van der Waals surface area contributed by atoms with Crippen molar-refractivity contribution in [3.05, 3.63) is 46.8 Å². The largest absolute Gasteiger partial charge is 0.487 e. The first kappa shape index (κ1) is 16.7. The number of carbonyl (C=O) groups excluding carboxylic acids is 1. The van der Waals surface area contributed by atoms with Gasteiger partial charge in [0.2, 0.25) is 5.95 Å². The van der Waals surface area contributed by atoms with E-state index in [1.807, 2.05) is 24.3 Å². The van der Waals surface area contributed by atoms with E-state index in [1.165, 1.54) is 0 Å². The van der Waals surface area contributed by atoms with Gasteiger partial charge in [-0.1, -0.05) is 32.0 Å². The maximum absolute atomic E-state index is 12.1. The number of aromatic nitrogens is 2. The molecule has 0 saturated heterocycles. The van der Waals surface area contributed by atoms with Gasteiger partial charge < -0.3 is 15.8 Å². The van der Waals surface area contributed by atoms with E-state index in [0.717, 1.165) is 11.3 Å².